The summed E-state index contributed by atoms with van der Waals surface area (Å²) in [4.78, 5) is 0. The molecule has 0 aliphatic carbocycles. The van der Waals surface area contributed by atoms with Crippen molar-refractivity contribution in [1.29, 1.82) is 5.26 Å². The topological polar surface area (TPSA) is 45.0 Å². The smallest absolute Gasteiger partial charge is 0.138 e. The van der Waals surface area contributed by atoms with E-state index in [0.29, 0.717) is 12.5 Å². The van der Waals surface area contributed by atoms with Crippen LogP contribution in [0.4, 0.5) is 0 Å². The SMILES string of the molecule is CCCNC(C)(C#N)COc1ccccc1C(C)C. The van der Waals surface area contributed by atoms with Crippen LogP contribution in [0.25, 0.3) is 0 Å². The Hall–Kier alpha value is -1.53. The van der Waals surface area contributed by atoms with Gasteiger partial charge in [0.25, 0.3) is 0 Å². The monoisotopic (exact) mass is 260 g/mol. The van der Waals surface area contributed by atoms with Crippen LogP contribution in [0.3, 0.4) is 0 Å². The second-order valence-corrected chi connectivity index (χ2v) is 5.35. The molecular weight excluding hydrogens is 236 g/mol. The Balaban J connectivity index is 2.73. The van der Waals surface area contributed by atoms with Crippen LogP contribution in [-0.4, -0.2) is 18.7 Å². The van der Waals surface area contributed by atoms with Gasteiger partial charge in [0.1, 0.15) is 17.9 Å². The van der Waals surface area contributed by atoms with Crippen molar-refractivity contribution in [3.05, 3.63) is 29.8 Å². The predicted octanol–water partition coefficient (Wildman–Crippen LogP) is 3.47. The minimum Gasteiger partial charge on any atom is -0.490 e. The number of rotatable bonds is 7. The molecule has 0 heterocycles. The summed E-state index contributed by atoms with van der Waals surface area (Å²) in [6.45, 7) is 9.41. The second kappa shape index (κ2) is 7.16. The third-order valence-corrected chi connectivity index (χ3v) is 3.07. The van der Waals surface area contributed by atoms with Crippen molar-refractivity contribution < 1.29 is 4.74 Å². The molecule has 3 heteroatoms. The van der Waals surface area contributed by atoms with E-state index in [9.17, 15) is 5.26 Å². The molecule has 0 saturated heterocycles. The van der Waals surface area contributed by atoms with Crippen molar-refractivity contribution in [3.8, 4) is 11.8 Å². The molecule has 0 spiro atoms. The highest BCUT2D eigenvalue weighted by molar-refractivity contribution is 5.35. The van der Waals surface area contributed by atoms with Crippen molar-refractivity contribution in [2.75, 3.05) is 13.2 Å². The number of para-hydroxylation sites is 1. The first-order chi connectivity index (χ1) is 9.02. The fraction of sp³-hybridized carbons (Fsp3) is 0.562. The minimum atomic E-state index is -0.639. The lowest BCUT2D eigenvalue weighted by Crippen LogP contribution is -2.46. The Bertz CT molecular complexity index is 437. The average Bonchev–Trinajstić information content (AvgIpc) is 2.43. The molecule has 3 nitrogen and oxygen atoms in total. The largest absolute Gasteiger partial charge is 0.490 e. The van der Waals surface area contributed by atoms with E-state index in [1.165, 1.54) is 5.56 Å². The molecule has 0 radical (unpaired) electrons. The van der Waals surface area contributed by atoms with Gasteiger partial charge in [-0.25, -0.2) is 0 Å². The molecule has 0 fully saturated rings. The molecule has 0 aliphatic rings. The molecule has 0 bridgehead atoms. The van der Waals surface area contributed by atoms with Crippen LogP contribution in [0.15, 0.2) is 24.3 Å². The highest BCUT2D eigenvalue weighted by Gasteiger charge is 2.24. The van der Waals surface area contributed by atoms with Crippen LogP contribution in [0.2, 0.25) is 0 Å². The quantitative estimate of drug-likeness (QED) is 0.816. The summed E-state index contributed by atoms with van der Waals surface area (Å²) in [5, 5.41) is 12.5. The molecule has 1 atom stereocenters. The van der Waals surface area contributed by atoms with Gasteiger partial charge in [-0.3, -0.25) is 5.32 Å². The van der Waals surface area contributed by atoms with Crippen LogP contribution in [0.5, 0.6) is 5.75 Å². The number of hydrogen-bond acceptors (Lipinski definition) is 3. The van der Waals surface area contributed by atoms with E-state index in [0.717, 1.165) is 18.7 Å². The first-order valence-corrected chi connectivity index (χ1v) is 6.90. The number of nitriles is 1. The molecule has 1 rings (SSSR count). The molecule has 1 unspecified atom stereocenters. The normalized spacial score (nSPS) is 13.9. The molecule has 1 aromatic rings. The first kappa shape index (κ1) is 15.5. The molecule has 1 aromatic carbocycles. The summed E-state index contributed by atoms with van der Waals surface area (Å²) in [6.07, 6.45) is 1.000. The predicted molar refractivity (Wildman–Crippen MR) is 78.3 cm³/mol. The number of ether oxygens (including phenoxy) is 1. The lowest BCUT2D eigenvalue weighted by atomic mass is 10.0. The van der Waals surface area contributed by atoms with Gasteiger partial charge in [0.05, 0.1) is 6.07 Å². The Kier molecular flexibility index (Phi) is 5.85. The van der Waals surface area contributed by atoms with Gasteiger partial charge in [0.15, 0.2) is 0 Å². The van der Waals surface area contributed by atoms with Gasteiger partial charge in [-0.2, -0.15) is 5.26 Å². The summed E-state index contributed by atoms with van der Waals surface area (Å²) < 4.78 is 5.87. The van der Waals surface area contributed by atoms with Gasteiger partial charge in [-0.15, -0.1) is 0 Å². The lowest BCUT2D eigenvalue weighted by Gasteiger charge is -2.24. The number of nitrogens with zero attached hydrogens (tertiary/aromatic N) is 1. The Labute approximate surface area is 116 Å². The summed E-state index contributed by atoms with van der Waals surface area (Å²) >= 11 is 0. The Morgan fingerprint density at radius 3 is 2.63 bits per heavy atom. The molecule has 0 aliphatic heterocycles. The third-order valence-electron chi connectivity index (χ3n) is 3.07. The number of nitrogens with one attached hydrogen (secondary N) is 1. The molecule has 0 aromatic heterocycles. The van der Waals surface area contributed by atoms with E-state index in [1.807, 2.05) is 25.1 Å². The zero-order chi connectivity index (χ0) is 14.3. The maximum atomic E-state index is 9.28. The highest BCUT2D eigenvalue weighted by atomic mass is 16.5. The van der Waals surface area contributed by atoms with Crippen LogP contribution in [0, 0.1) is 11.3 Å². The van der Waals surface area contributed by atoms with E-state index in [2.05, 4.69) is 38.2 Å². The molecule has 0 amide bonds. The van der Waals surface area contributed by atoms with Crippen LogP contribution in [-0.2, 0) is 0 Å². The number of benzene rings is 1. The minimum absolute atomic E-state index is 0.354. The molecule has 0 saturated carbocycles. The van der Waals surface area contributed by atoms with Gasteiger partial charge in [-0.05, 0) is 37.4 Å². The summed E-state index contributed by atoms with van der Waals surface area (Å²) in [5.74, 6) is 1.28. The van der Waals surface area contributed by atoms with E-state index in [-0.39, 0.29) is 0 Å². The van der Waals surface area contributed by atoms with Gasteiger partial charge in [0, 0.05) is 0 Å². The van der Waals surface area contributed by atoms with Crippen LogP contribution in [0.1, 0.15) is 45.6 Å². The van der Waals surface area contributed by atoms with Crippen molar-refractivity contribution >= 4 is 0 Å². The maximum absolute atomic E-state index is 9.28. The van der Waals surface area contributed by atoms with Gasteiger partial charge in [0.2, 0.25) is 0 Å². The summed E-state index contributed by atoms with van der Waals surface area (Å²) in [6, 6.07) is 10.3. The maximum Gasteiger partial charge on any atom is 0.138 e. The zero-order valence-corrected chi connectivity index (χ0v) is 12.4. The van der Waals surface area contributed by atoms with Crippen LogP contribution >= 0.6 is 0 Å². The summed E-state index contributed by atoms with van der Waals surface area (Å²) in [7, 11) is 0. The zero-order valence-electron chi connectivity index (χ0n) is 12.4. The molecule has 19 heavy (non-hydrogen) atoms. The van der Waals surface area contributed by atoms with Crippen molar-refractivity contribution in [2.24, 2.45) is 0 Å². The molecule has 1 N–H and O–H groups in total. The fourth-order valence-electron chi connectivity index (χ4n) is 1.83. The van der Waals surface area contributed by atoms with E-state index < -0.39 is 5.54 Å². The Morgan fingerprint density at radius 2 is 2.05 bits per heavy atom. The first-order valence-electron chi connectivity index (χ1n) is 6.90. The Morgan fingerprint density at radius 1 is 1.37 bits per heavy atom. The lowest BCUT2D eigenvalue weighted by molar-refractivity contribution is 0.232. The molecule has 104 valence electrons. The third kappa shape index (κ3) is 4.57. The second-order valence-electron chi connectivity index (χ2n) is 5.35. The summed E-state index contributed by atoms with van der Waals surface area (Å²) in [5.41, 5.74) is 0.540. The van der Waals surface area contributed by atoms with Crippen molar-refractivity contribution in [3.63, 3.8) is 0 Å². The molecular formula is C16H24N2O. The number of hydrogen-bond donors (Lipinski definition) is 1. The fourth-order valence-corrected chi connectivity index (χ4v) is 1.83. The highest BCUT2D eigenvalue weighted by Crippen LogP contribution is 2.26. The van der Waals surface area contributed by atoms with E-state index in [1.54, 1.807) is 0 Å². The van der Waals surface area contributed by atoms with E-state index in [4.69, 9.17) is 4.74 Å². The van der Waals surface area contributed by atoms with E-state index >= 15 is 0 Å². The van der Waals surface area contributed by atoms with Gasteiger partial charge < -0.3 is 4.74 Å². The van der Waals surface area contributed by atoms with Crippen LogP contribution < -0.4 is 10.1 Å². The van der Waals surface area contributed by atoms with Crippen molar-refractivity contribution in [2.45, 2.75) is 45.6 Å². The van der Waals surface area contributed by atoms with Crippen molar-refractivity contribution in [1.82, 2.24) is 5.32 Å². The standard InChI is InChI=1S/C16H24N2O/c1-5-10-18-16(4,11-17)12-19-15-9-7-6-8-14(15)13(2)3/h6-9,13,18H,5,10,12H2,1-4H3. The average molecular weight is 260 g/mol. The van der Waals surface area contributed by atoms with Gasteiger partial charge >= 0.3 is 0 Å². The van der Waals surface area contributed by atoms with Gasteiger partial charge in [-0.1, -0.05) is 39.0 Å².